The Labute approximate surface area is 123 Å². The molecule has 108 valence electrons. The molecular formula is C16H17N3O2. The summed E-state index contributed by atoms with van der Waals surface area (Å²) in [6.07, 6.45) is 0. The van der Waals surface area contributed by atoms with Crippen LogP contribution in [0, 0.1) is 17.2 Å². The maximum Gasteiger partial charge on any atom is 0.328 e. The van der Waals surface area contributed by atoms with Crippen LogP contribution in [0.25, 0.3) is 10.9 Å². The van der Waals surface area contributed by atoms with Gasteiger partial charge in [0.25, 0.3) is 0 Å². The van der Waals surface area contributed by atoms with Crippen molar-refractivity contribution < 1.29 is 9.53 Å². The average molecular weight is 283 g/mol. The second-order valence-electron chi connectivity index (χ2n) is 5.08. The number of benzene rings is 1. The van der Waals surface area contributed by atoms with E-state index in [1.165, 1.54) is 7.11 Å². The molecule has 0 aliphatic rings. The van der Waals surface area contributed by atoms with Gasteiger partial charge in [0.05, 0.1) is 18.2 Å². The van der Waals surface area contributed by atoms with E-state index in [1.807, 2.05) is 38.1 Å². The SMILES string of the molecule is COC(=O)C(Nc1nc2ccccc2cc1C#N)C(C)C. The van der Waals surface area contributed by atoms with Crippen molar-refractivity contribution in [2.24, 2.45) is 5.92 Å². The molecule has 0 radical (unpaired) electrons. The van der Waals surface area contributed by atoms with Crippen LogP contribution >= 0.6 is 0 Å². The molecule has 5 nitrogen and oxygen atoms in total. The highest BCUT2D eigenvalue weighted by atomic mass is 16.5. The van der Waals surface area contributed by atoms with Gasteiger partial charge in [0.1, 0.15) is 17.9 Å². The van der Waals surface area contributed by atoms with E-state index in [0.717, 1.165) is 10.9 Å². The van der Waals surface area contributed by atoms with Crippen LogP contribution in [0.1, 0.15) is 19.4 Å². The van der Waals surface area contributed by atoms with E-state index in [9.17, 15) is 10.1 Å². The Bertz CT molecular complexity index is 704. The Hall–Kier alpha value is -2.61. The zero-order valence-corrected chi connectivity index (χ0v) is 12.3. The first-order valence-electron chi connectivity index (χ1n) is 6.71. The molecule has 21 heavy (non-hydrogen) atoms. The summed E-state index contributed by atoms with van der Waals surface area (Å²) in [4.78, 5) is 16.3. The number of hydrogen-bond donors (Lipinski definition) is 1. The molecular weight excluding hydrogens is 266 g/mol. The summed E-state index contributed by atoms with van der Waals surface area (Å²) >= 11 is 0. The highest BCUT2D eigenvalue weighted by Crippen LogP contribution is 2.21. The molecule has 2 rings (SSSR count). The number of anilines is 1. The van der Waals surface area contributed by atoms with Crippen LogP contribution in [-0.2, 0) is 9.53 Å². The van der Waals surface area contributed by atoms with E-state index >= 15 is 0 Å². The lowest BCUT2D eigenvalue weighted by Gasteiger charge is -2.21. The van der Waals surface area contributed by atoms with Gasteiger partial charge in [0.15, 0.2) is 0 Å². The summed E-state index contributed by atoms with van der Waals surface area (Å²) < 4.78 is 4.79. The van der Waals surface area contributed by atoms with Crippen molar-refractivity contribution in [3.05, 3.63) is 35.9 Å². The minimum Gasteiger partial charge on any atom is -0.467 e. The predicted octanol–water partition coefficient (Wildman–Crippen LogP) is 2.72. The number of nitrogens with zero attached hydrogens (tertiary/aromatic N) is 2. The van der Waals surface area contributed by atoms with Crippen LogP contribution in [-0.4, -0.2) is 24.1 Å². The number of methoxy groups -OCH3 is 1. The molecule has 5 heteroatoms. The lowest BCUT2D eigenvalue weighted by atomic mass is 10.0. The molecule has 1 aromatic carbocycles. The Morgan fingerprint density at radius 3 is 2.71 bits per heavy atom. The minimum absolute atomic E-state index is 0.0114. The fourth-order valence-electron chi connectivity index (χ4n) is 2.08. The number of nitrogens with one attached hydrogen (secondary N) is 1. The average Bonchev–Trinajstić information content (AvgIpc) is 2.50. The number of hydrogen-bond acceptors (Lipinski definition) is 5. The first kappa shape index (κ1) is 14.8. The summed E-state index contributed by atoms with van der Waals surface area (Å²) in [5.41, 5.74) is 1.18. The summed E-state index contributed by atoms with van der Waals surface area (Å²) in [5.74, 6) is 0.0430. The molecule has 2 aromatic rings. The molecule has 0 amide bonds. The quantitative estimate of drug-likeness (QED) is 0.873. The Morgan fingerprint density at radius 2 is 2.10 bits per heavy atom. The van der Waals surface area contributed by atoms with Crippen LogP contribution in [0.5, 0.6) is 0 Å². The number of carbonyl (C=O) groups excluding carboxylic acids is 1. The van der Waals surface area contributed by atoms with Crippen molar-refractivity contribution in [2.45, 2.75) is 19.9 Å². The second-order valence-corrected chi connectivity index (χ2v) is 5.08. The molecule has 0 spiro atoms. The number of fused-ring (bicyclic) bond motifs is 1. The zero-order valence-electron chi connectivity index (χ0n) is 12.3. The molecule has 1 atom stereocenters. The van der Waals surface area contributed by atoms with Gasteiger partial charge in [-0.05, 0) is 18.1 Å². The molecule has 1 aromatic heterocycles. The smallest absolute Gasteiger partial charge is 0.328 e. The molecule has 0 fully saturated rings. The lowest BCUT2D eigenvalue weighted by molar-refractivity contribution is -0.142. The van der Waals surface area contributed by atoms with Crippen molar-refractivity contribution in [3.8, 4) is 6.07 Å². The number of rotatable bonds is 4. The number of nitriles is 1. The third-order valence-corrected chi connectivity index (χ3v) is 3.26. The fraction of sp³-hybridized carbons (Fsp3) is 0.312. The Morgan fingerprint density at radius 1 is 1.38 bits per heavy atom. The van der Waals surface area contributed by atoms with Crippen molar-refractivity contribution in [2.75, 3.05) is 12.4 Å². The summed E-state index contributed by atoms with van der Waals surface area (Å²) in [7, 11) is 1.35. The van der Waals surface area contributed by atoms with Crippen LogP contribution in [0.2, 0.25) is 0 Å². The maximum atomic E-state index is 11.8. The lowest BCUT2D eigenvalue weighted by Crippen LogP contribution is -2.36. The van der Waals surface area contributed by atoms with Gasteiger partial charge in [-0.25, -0.2) is 9.78 Å². The summed E-state index contributed by atoms with van der Waals surface area (Å²) in [6, 6.07) is 10.9. The van der Waals surface area contributed by atoms with Crippen molar-refractivity contribution in [1.29, 1.82) is 5.26 Å². The Kier molecular flexibility index (Phi) is 4.39. The van der Waals surface area contributed by atoms with E-state index in [2.05, 4.69) is 16.4 Å². The fourth-order valence-corrected chi connectivity index (χ4v) is 2.08. The van der Waals surface area contributed by atoms with Crippen molar-refractivity contribution >= 4 is 22.7 Å². The third-order valence-electron chi connectivity index (χ3n) is 3.26. The number of aromatic nitrogens is 1. The topological polar surface area (TPSA) is 75.0 Å². The Balaban J connectivity index is 2.45. The number of esters is 1. The largest absolute Gasteiger partial charge is 0.467 e. The highest BCUT2D eigenvalue weighted by molar-refractivity contribution is 5.85. The predicted molar refractivity (Wildman–Crippen MR) is 80.7 cm³/mol. The van der Waals surface area contributed by atoms with E-state index in [0.29, 0.717) is 11.4 Å². The van der Waals surface area contributed by atoms with Crippen molar-refractivity contribution in [1.82, 2.24) is 4.98 Å². The van der Waals surface area contributed by atoms with Crippen LogP contribution in [0.3, 0.4) is 0 Å². The summed E-state index contributed by atoms with van der Waals surface area (Å²) in [5, 5.41) is 13.2. The number of ether oxygens (including phenoxy) is 1. The molecule has 1 heterocycles. The third kappa shape index (κ3) is 3.11. The molecule has 0 aliphatic heterocycles. The molecule has 1 unspecified atom stereocenters. The normalized spacial score (nSPS) is 12.0. The molecule has 0 bridgehead atoms. The van der Waals surface area contributed by atoms with E-state index in [1.54, 1.807) is 6.07 Å². The first-order valence-corrected chi connectivity index (χ1v) is 6.71. The summed E-state index contributed by atoms with van der Waals surface area (Å²) in [6.45, 7) is 3.81. The molecule has 0 aliphatic carbocycles. The van der Waals surface area contributed by atoms with Gasteiger partial charge in [-0.2, -0.15) is 5.26 Å². The highest BCUT2D eigenvalue weighted by Gasteiger charge is 2.24. The number of carbonyl (C=O) groups is 1. The first-order chi connectivity index (χ1) is 10.1. The van der Waals surface area contributed by atoms with Crippen molar-refractivity contribution in [3.63, 3.8) is 0 Å². The van der Waals surface area contributed by atoms with Crippen LogP contribution in [0.4, 0.5) is 5.82 Å². The second kappa shape index (κ2) is 6.23. The number of para-hydroxylation sites is 1. The van der Waals surface area contributed by atoms with Gasteiger partial charge >= 0.3 is 5.97 Å². The van der Waals surface area contributed by atoms with Gasteiger partial charge in [-0.3, -0.25) is 0 Å². The maximum absolute atomic E-state index is 11.8. The van der Waals surface area contributed by atoms with Gasteiger partial charge in [-0.1, -0.05) is 32.0 Å². The van der Waals surface area contributed by atoms with Gasteiger partial charge in [-0.15, -0.1) is 0 Å². The van der Waals surface area contributed by atoms with Gasteiger partial charge < -0.3 is 10.1 Å². The standard InChI is InChI=1S/C16H17N3O2/c1-10(2)14(16(20)21-3)19-15-12(9-17)8-11-6-4-5-7-13(11)18-15/h4-8,10,14H,1-3H3,(H,18,19). The minimum atomic E-state index is -0.546. The molecule has 0 saturated heterocycles. The number of pyridine rings is 1. The monoisotopic (exact) mass is 283 g/mol. The van der Waals surface area contributed by atoms with E-state index in [4.69, 9.17) is 4.74 Å². The molecule has 1 N–H and O–H groups in total. The van der Waals surface area contributed by atoms with Crippen LogP contribution in [0.15, 0.2) is 30.3 Å². The molecule has 0 saturated carbocycles. The van der Waals surface area contributed by atoms with Gasteiger partial charge in [0.2, 0.25) is 0 Å². The zero-order chi connectivity index (χ0) is 15.4. The van der Waals surface area contributed by atoms with E-state index < -0.39 is 6.04 Å². The van der Waals surface area contributed by atoms with E-state index in [-0.39, 0.29) is 11.9 Å². The van der Waals surface area contributed by atoms with Gasteiger partial charge in [0, 0.05) is 5.39 Å². The van der Waals surface area contributed by atoms with Crippen LogP contribution < -0.4 is 5.32 Å².